The third-order valence-corrected chi connectivity index (χ3v) is 15.5. The first-order chi connectivity index (χ1) is 32.2. The maximum atomic E-state index is 15.4. The lowest BCUT2D eigenvalue weighted by Gasteiger charge is -2.56. The van der Waals surface area contributed by atoms with E-state index < -0.39 is 34.9 Å². The molecule has 3 atom stereocenters. The second kappa shape index (κ2) is 18.6. The Labute approximate surface area is 389 Å². The van der Waals surface area contributed by atoms with E-state index in [2.05, 4.69) is 25.8 Å². The van der Waals surface area contributed by atoms with Crippen molar-refractivity contribution in [2.45, 2.75) is 120 Å². The van der Waals surface area contributed by atoms with Gasteiger partial charge in [-0.25, -0.2) is 13.8 Å². The van der Waals surface area contributed by atoms with Gasteiger partial charge in [0.15, 0.2) is 5.82 Å². The number of fused-ring (bicyclic) bond motifs is 1. The predicted octanol–water partition coefficient (Wildman–Crippen LogP) is 5.70. The molecule has 5 heterocycles. The number of nitrogens with one attached hydrogen (secondary N) is 3. The predicted molar refractivity (Wildman–Crippen MR) is 246 cm³/mol. The summed E-state index contributed by atoms with van der Waals surface area (Å²) in [5.74, 6) is -3.04. The first-order valence-corrected chi connectivity index (χ1v) is 23.9. The molecule has 1 aromatic heterocycles. The van der Waals surface area contributed by atoms with Gasteiger partial charge in [0.25, 0.3) is 5.91 Å². The highest BCUT2D eigenvalue weighted by Crippen LogP contribution is 2.49. The van der Waals surface area contributed by atoms with Crippen LogP contribution in [0.1, 0.15) is 119 Å². The number of carbonyl (C=O) groups excluding carboxylic acids is 5. The lowest BCUT2D eigenvalue weighted by molar-refractivity contribution is -0.151. The van der Waals surface area contributed by atoms with E-state index in [0.29, 0.717) is 99.0 Å². The van der Waals surface area contributed by atoms with E-state index in [1.54, 1.807) is 36.3 Å². The van der Waals surface area contributed by atoms with Crippen molar-refractivity contribution in [2.75, 3.05) is 67.0 Å². The van der Waals surface area contributed by atoms with Gasteiger partial charge < -0.3 is 40.1 Å². The highest BCUT2D eigenvalue weighted by molar-refractivity contribution is 6.04. The number of carbonyl (C=O) groups is 5. The third kappa shape index (κ3) is 8.88. The molecule has 2 saturated carbocycles. The van der Waals surface area contributed by atoms with Crippen molar-refractivity contribution in [2.24, 2.45) is 11.3 Å². The molecule has 2 aliphatic carbocycles. The Hall–Kier alpha value is -5.91. The van der Waals surface area contributed by atoms with Gasteiger partial charge >= 0.3 is 0 Å². The van der Waals surface area contributed by atoms with Crippen LogP contribution in [0.15, 0.2) is 36.5 Å². The standard InChI is InChI=1S/C49H61F2N9O7/c1-4-37-46(66)57(2)38-25-52-47(55-42(38)60(37)31-9-5-6-10-31)53-36-13-11-29(22-39(36)67-3)43(63)56-49(19-21-61)17-15-48(16-18-49)27-59(28-48)45(65)30-8-7-20-58(26-30)32-23-34(50)41(35(51)24-32)33-12-14-40(62)54-44(33)64/h11,13,22-25,30-31,33,37,61H,4-10,12,14-21,26-28H2,1-3H3,(H,56,63)(H,52,53,55)(H,54,62,64)/t30-,33?,37-/m1/s1. The summed E-state index contributed by atoms with van der Waals surface area (Å²) in [6, 6.07) is 7.51. The lowest BCUT2D eigenvalue weighted by Crippen LogP contribution is -2.64. The molecule has 67 heavy (non-hydrogen) atoms. The summed E-state index contributed by atoms with van der Waals surface area (Å²) < 4.78 is 36.5. The molecule has 3 saturated heterocycles. The van der Waals surface area contributed by atoms with Crippen LogP contribution in [0.2, 0.25) is 0 Å². The summed E-state index contributed by atoms with van der Waals surface area (Å²) in [5.41, 5.74) is 0.859. The number of methoxy groups -OCH3 is 1. The molecule has 5 amide bonds. The third-order valence-electron chi connectivity index (χ3n) is 15.5. The fourth-order valence-electron chi connectivity index (χ4n) is 11.7. The van der Waals surface area contributed by atoms with Crippen LogP contribution in [0.5, 0.6) is 5.75 Å². The first kappa shape index (κ1) is 46.2. The minimum atomic E-state index is -1.08. The molecule has 5 fully saturated rings. The van der Waals surface area contributed by atoms with Crippen LogP contribution in [0, 0.1) is 23.0 Å². The van der Waals surface area contributed by atoms with Gasteiger partial charge in [0, 0.05) is 80.1 Å². The highest BCUT2D eigenvalue weighted by atomic mass is 19.1. The van der Waals surface area contributed by atoms with E-state index in [4.69, 9.17) is 9.72 Å². The average molecular weight is 926 g/mol. The van der Waals surface area contributed by atoms with Crippen molar-refractivity contribution >= 4 is 58.4 Å². The van der Waals surface area contributed by atoms with E-state index in [-0.39, 0.29) is 66.2 Å². The van der Waals surface area contributed by atoms with Crippen LogP contribution in [0.4, 0.5) is 37.6 Å². The number of nitrogens with zero attached hydrogens (tertiary/aromatic N) is 6. The summed E-state index contributed by atoms with van der Waals surface area (Å²) in [6.07, 6.45) is 11.1. The number of benzene rings is 2. The molecule has 0 radical (unpaired) electrons. The van der Waals surface area contributed by atoms with Crippen molar-refractivity contribution in [3.05, 3.63) is 59.3 Å². The summed E-state index contributed by atoms with van der Waals surface area (Å²) >= 11 is 0. The van der Waals surface area contributed by atoms with Gasteiger partial charge in [-0.05, 0) is 101 Å². The van der Waals surface area contributed by atoms with Gasteiger partial charge in [0.1, 0.15) is 29.1 Å². The van der Waals surface area contributed by atoms with E-state index in [0.717, 1.165) is 44.3 Å². The Morgan fingerprint density at radius 2 is 1.72 bits per heavy atom. The number of likely N-dealkylation sites (tertiary alicyclic amines) is 1. The number of aromatic nitrogens is 2. The zero-order valence-corrected chi connectivity index (χ0v) is 38.5. The Morgan fingerprint density at radius 1 is 0.985 bits per heavy atom. The molecule has 2 aromatic carbocycles. The SMILES string of the molecule is CC[C@@H]1C(=O)N(C)c2cnc(Nc3ccc(C(=O)NC4(CCO)CCC5(CC4)CN(C(=O)[C@@H]4CCCN(c6cc(F)c(C7CCC(=O)NC7=O)c(F)c6)C4)C5)cc3OC)nc2N1C1CCCC1. The van der Waals surface area contributed by atoms with E-state index in [1.165, 1.54) is 19.2 Å². The van der Waals surface area contributed by atoms with Crippen molar-refractivity contribution < 1.29 is 42.6 Å². The number of halogens is 2. The number of likely N-dealkylation sites (N-methyl/N-ethyl adjacent to an activating group) is 1. The number of hydrogen-bond donors (Lipinski definition) is 4. The Bertz CT molecular complexity index is 2410. The first-order valence-electron chi connectivity index (χ1n) is 23.9. The number of hydrogen-bond acceptors (Lipinski definition) is 12. The molecule has 3 aromatic rings. The molecule has 9 rings (SSSR count). The van der Waals surface area contributed by atoms with Gasteiger partial charge in [-0.3, -0.25) is 29.3 Å². The summed E-state index contributed by atoms with van der Waals surface area (Å²) in [5, 5.41) is 18.9. The topological polar surface area (TPSA) is 190 Å². The number of aliphatic hydroxyl groups is 1. The number of anilines is 5. The average Bonchev–Trinajstić information content (AvgIpc) is 3.85. The molecule has 18 heteroatoms. The van der Waals surface area contributed by atoms with Crippen molar-refractivity contribution in [1.29, 1.82) is 0 Å². The fraction of sp³-hybridized carbons (Fsp3) is 0.571. The van der Waals surface area contributed by atoms with E-state index in [9.17, 15) is 29.1 Å². The number of amides is 5. The largest absolute Gasteiger partial charge is 0.495 e. The van der Waals surface area contributed by atoms with Crippen LogP contribution >= 0.6 is 0 Å². The smallest absolute Gasteiger partial charge is 0.251 e. The maximum Gasteiger partial charge on any atom is 0.251 e. The van der Waals surface area contributed by atoms with Gasteiger partial charge in [0.2, 0.25) is 29.6 Å². The zero-order valence-electron chi connectivity index (χ0n) is 38.5. The summed E-state index contributed by atoms with van der Waals surface area (Å²) in [4.78, 5) is 82.2. The minimum Gasteiger partial charge on any atom is -0.495 e. The van der Waals surface area contributed by atoms with E-state index in [1.807, 2.05) is 16.7 Å². The molecule has 4 aliphatic heterocycles. The van der Waals surface area contributed by atoms with Crippen molar-refractivity contribution in [3.63, 3.8) is 0 Å². The minimum absolute atomic E-state index is 0.00816. The fourth-order valence-corrected chi connectivity index (χ4v) is 11.7. The normalized spacial score (nSPS) is 23.7. The highest BCUT2D eigenvalue weighted by Gasteiger charge is 2.52. The molecular formula is C49H61F2N9O7. The molecule has 1 unspecified atom stereocenters. The van der Waals surface area contributed by atoms with Crippen LogP contribution in [0.3, 0.4) is 0 Å². The van der Waals surface area contributed by atoms with Gasteiger partial charge in [-0.15, -0.1) is 0 Å². The number of rotatable bonds is 12. The molecule has 6 aliphatic rings. The zero-order chi connectivity index (χ0) is 47.2. The quantitative estimate of drug-likeness (QED) is 0.163. The second-order valence-electron chi connectivity index (χ2n) is 19.6. The Kier molecular flexibility index (Phi) is 12.9. The molecular weight excluding hydrogens is 865 g/mol. The van der Waals surface area contributed by atoms with Gasteiger partial charge in [0.05, 0.1) is 30.8 Å². The summed E-state index contributed by atoms with van der Waals surface area (Å²) in [6.45, 7) is 3.94. The maximum absolute atomic E-state index is 15.4. The monoisotopic (exact) mass is 925 g/mol. The molecule has 358 valence electrons. The van der Waals surface area contributed by atoms with E-state index >= 15 is 8.78 Å². The van der Waals surface area contributed by atoms with Gasteiger partial charge in [-0.2, -0.15) is 4.98 Å². The van der Waals surface area contributed by atoms with Gasteiger partial charge in [-0.1, -0.05) is 19.8 Å². The second-order valence-corrected chi connectivity index (χ2v) is 19.6. The van der Waals surface area contributed by atoms with Crippen LogP contribution < -0.4 is 35.4 Å². The molecule has 0 bridgehead atoms. The summed E-state index contributed by atoms with van der Waals surface area (Å²) in [7, 11) is 3.30. The lowest BCUT2D eigenvalue weighted by atomic mass is 9.62. The Morgan fingerprint density at radius 3 is 2.39 bits per heavy atom. The number of piperidine rings is 2. The van der Waals surface area contributed by atoms with Crippen LogP contribution in [-0.2, 0) is 19.2 Å². The van der Waals surface area contributed by atoms with Crippen molar-refractivity contribution in [3.8, 4) is 5.75 Å². The van der Waals surface area contributed by atoms with Crippen LogP contribution in [0.25, 0.3) is 0 Å². The Balaban J connectivity index is 0.810. The number of aliphatic hydroxyl groups excluding tert-OH is 1. The molecule has 16 nitrogen and oxygen atoms in total. The van der Waals surface area contributed by atoms with Crippen LogP contribution in [-0.4, -0.2) is 114 Å². The van der Waals surface area contributed by atoms with Crippen molar-refractivity contribution in [1.82, 2.24) is 25.5 Å². The number of ether oxygens (including phenoxy) is 1. The molecule has 1 spiro atoms. The molecule has 4 N–H and O–H groups in total. The number of imide groups is 1.